The van der Waals surface area contributed by atoms with Crippen LogP contribution in [0.15, 0.2) is 54.2 Å². The van der Waals surface area contributed by atoms with Crippen LogP contribution in [0, 0.1) is 28.5 Å². The van der Waals surface area contributed by atoms with Gasteiger partial charge in [-0.15, -0.1) is 0 Å². The van der Waals surface area contributed by atoms with Gasteiger partial charge in [-0.2, -0.15) is 10.5 Å². The van der Waals surface area contributed by atoms with Gasteiger partial charge in [-0.1, -0.05) is 17.7 Å². The summed E-state index contributed by atoms with van der Waals surface area (Å²) in [4.78, 5) is 0. The van der Waals surface area contributed by atoms with E-state index in [9.17, 15) is 4.39 Å². The Bertz CT molecular complexity index is 790. The Hall–Kier alpha value is -3.02. The number of hydrogen-bond acceptors (Lipinski definition) is 4. The normalized spacial score (nSPS) is 9.27. The number of nitrogens with zero attached hydrogens (tertiary/aromatic N) is 2. The van der Waals surface area contributed by atoms with E-state index in [0.717, 1.165) is 0 Å². The predicted octanol–water partition coefficient (Wildman–Crippen LogP) is 4.61. The third kappa shape index (κ3) is 3.99. The van der Waals surface area contributed by atoms with Gasteiger partial charge in [0.25, 0.3) is 0 Å². The molecule has 2 aromatic carbocycles. The Morgan fingerprint density at radius 1 is 1.18 bits per heavy atom. The van der Waals surface area contributed by atoms with Crippen molar-refractivity contribution in [2.45, 2.75) is 0 Å². The van der Waals surface area contributed by atoms with Crippen LogP contribution in [0.4, 0.5) is 10.1 Å². The summed E-state index contributed by atoms with van der Waals surface area (Å²) < 4.78 is 18.8. The van der Waals surface area contributed by atoms with E-state index in [-0.39, 0.29) is 5.57 Å². The molecule has 0 saturated heterocycles. The molecule has 0 radical (unpaired) electrons. The van der Waals surface area contributed by atoms with Gasteiger partial charge in [-0.25, -0.2) is 4.39 Å². The Balaban J connectivity index is 2.30. The number of halogens is 2. The summed E-state index contributed by atoms with van der Waals surface area (Å²) in [6, 6.07) is 13.9. The molecule has 0 aliphatic rings. The predicted molar refractivity (Wildman–Crippen MR) is 80.9 cm³/mol. The minimum atomic E-state index is -0.419. The van der Waals surface area contributed by atoms with E-state index in [4.69, 9.17) is 26.9 Å². The van der Waals surface area contributed by atoms with E-state index >= 15 is 0 Å². The summed E-state index contributed by atoms with van der Waals surface area (Å²) in [6.07, 6.45) is 1.24. The number of benzene rings is 2. The van der Waals surface area contributed by atoms with E-state index in [1.54, 1.807) is 36.4 Å². The second kappa shape index (κ2) is 7.12. The molecule has 0 unspecified atom stereocenters. The Labute approximate surface area is 131 Å². The lowest BCUT2D eigenvalue weighted by molar-refractivity contribution is 0.479. The molecule has 0 saturated carbocycles. The van der Waals surface area contributed by atoms with Crippen LogP contribution in [-0.4, -0.2) is 0 Å². The highest BCUT2D eigenvalue weighted by Crippen LogP contribution is 2.32. The summed E-state index contributed by atoms with van der Waals surface area (Å²) in [7, 11) is 0. The quantitative estimate of drug-likeness (QED) is 0.836. The standard InChI is InChI=1S/C16H9ClFN3O/c17-12-4-5-16(22-14-3-1-2-13(18)7-14)15(6-12)21-10-11(8-19)9-20/h1-7,10,21H. The zero-order chi connectivity index (χ0) is 15.9. The van der Waals surface area contributed by atoms with E-state index in [0.29, 0.717) is 22.2 Å². The van der Waals surface area contributed by atoms with Crippen molar-refractivity contribution in [2.24, 2.45) is 0 Å². The van der Waals surface area contributed by atoms with Gasteiger partial charge in [0.2, 0.25) is 0 Å². The summed E-state index contributed by atoms with van der Waals surface area (Å²) in [5.74, 6) is 0.272. The smallest absolute Gasteiger partial charge is 0.150 e. The highest BCUT2D eigenvalue weighted by atomic mass is 35.5. The summed E-state index contributed by atoms with van der Waals surface area (Å²) in [5.41, 5.74) is 0.344. The van der Waals surface area contributed by atoms with Gasteiger partial charge in [0.05, 0.1) is 5.69 Å². The molecule has 108 valence electrons. The van der Waals surface area contributed by atoms with Crippen molar-refractivity contribution in [1.29, 1.82) is 10.5 Å². The topological polar surface area (TPSA) is 68.8 Å². The van der Waals surface area contributed by atoms with Crippen molar-refractivity contribution in [3.63, 3.8) is 0 Å². The van der Waals surface area contributed by atoms with Gasteiger partial charge in [-0.3, -0.25) is 0 Å². The lowest BCUT2D eigenvalue weighted by Crippen LogP contribution is -1.94. The molecular formula is C16H9ClFN3O. The molecule has 4 nitrogen and oxygen atoms in total. The van der Waals surface area contributed by atoms with E-state index in [1.165, 1.54) is 24.4 Å². The molecule has 0 aromatic heterocycles. The number of anilines is 1. The minimum Gasteiger partial charge on any atom is -0.455 e. The molecule has 2 rings (SSSR count). The fourth-order valence-electron chi connectivity index (χ4n) is 1.60. The highest BCUT2D eigenvalue weighted by Gasteiger charge is 2.06. The monoisotopic (exact) mass is 313 g/mol. The first-order chi connectivity index (χ1) is 10.6. The molecular weight excluding hydrogens is 305 g/mol. The number of nitriles is 2. The van der Waals surface area contributed by atoms with E-state index in [2.05, 4.69) is 5.32 Å². The molecule has 0 atom stereocenters. The molecule has 1 N–H and O–H groups in total. The largest absolute Gasteiger partial charge is 0.455 e. The SMILES string of the molecule is N#CC(C#N)=CNc1cc(Cl)ccc1Oc1cccc(F)c1. The maximum absolute atomic E-state index is 13.2. The van der Waals surface area contributed by atoms with E-state index < -0.39 is 5.82 Å². The van der Waals surface area contributed by atoms with Crippen LogP contribution >= 0.6 is 11.6 Å². The number of allylic oxidation sites excluding steroid dienone is 1. The maximum Gasteiger partial charge on any atom is 0.150 e. The summed E-state index contributed by atoms with van der Waals surface area (Å²) in [6.45, 7) is 0. The van der Waals surface area contributed by atoms with Crippen molar-refractivity contribution in [3.05, 3.63) is 65.1 Å². The number of hydrogen-bond donors (Lipinski definition) is 1. The van der Waals surface area contributed by atoms with Crippen LogP contribution in [0.1, 0.15) is 0 Å². The zero-order valence-corrected chi connectivity index (χ0v) is 11.9. The van der Waals surface area contributed by atoms with Gasteiger partial charge in [0, 0.05) is 17.3 Å². The molecule has 0 spiro atoms. The molecule has 6 heteroatoms. The molecule has 0 amide bonds. The average Bonchev–Trinajstić information content (AvgIpc) is 2.51. The molecule has 0 fully saturated rings. The van der Waals surface area contributed by atoms with Gasteiger partial charge >= 0.3 is 0 Å². The first kappa shape index (κ1) is 15.4. The van der Waals surface area contributed by atoms with Crippen molar-refractivity contribution in [3.8, 4) is 23.6 Å². The van der Waals surface area contributed by atoms with Crippen LogP contribution in [0.2, 0.25) is 5.02 Å². The zero-order valence-electron chi connectivity index (χ0n) is 11.2. The molecule has 0 bridgehead atoms. The Kier molecular flexibility index (Phi) is 4.98. The van der Waals surface area contributed by atoms with Gasteiger partial charge in [0.1, 0.15) is 29.3 Å². The molecule has 0 heterocycles. The first-order valence-electron chi connectivity index (χ1n) is 6.12. The molecule has 0 aliphatic heterocycles. The van der Waals surface area contributed by atoms with Crippen molar-refractivity contribution >= 4 is 17.3 Å². The van der Waals surface area contributed by atoms with Crippen LogP contribution in [0.5, 0.6) is 11.5 Å². The number of nitrogens with one attached hydrogen (secondary N) is 1. The average molecular weight is 314 g/mol. The Morgan fingerprint density at radius 3 is 2.64 bits per heavy atom. The minimum absolute atomic E-state index is 0.100. The third-order valence-corrected chi connectivity index (χ3v) is 2.81. The molecule has 0 aliphatic carbocycles. The van der Waals surface area contributed by atoms with Crippen LogP contribution in [-0.2, 0) is 0 Å². The fraction of sp³-hybridized carbons (Fsp3) is 0. The van der Waals surface area contributed by atoms with Crippen LogP contribution in [0.25, 0.3) is 0 Å². The van der Waals surface area contributed by atoms with Gasteiger partial charge in [0.15, 0.2) is 5.75 Å². The van der Waals surface area contributed by atoms with Crippen molar-refractivity contribution in [2.75, 3.05) is 5.32 Å². The van der Waals surface area contributed by atoms with Crippen LogP contribution in [0.3, 0.4) is 0 Å². The number of rotatable bonds is 4. The van der Waals surface area contributed by atoms with Crippen molar-refractivity contribution < 1.29 is 9.13 Å². The fourth-order valence-corrected chi connectivity index (χ4v) is 1.77. The third-order valence-electron chi connectivity index (χ3n) is 2.58. The summed E-state index contributed by atoms with van der Waals surface area (Å²) in [5, 5.41) is 20.7. The highest BCUT2D eigenvalue weighted by molar-refractivity contribution is 6.30. The van der Waals surface area contributed by atoms with Crippen LogP contribution < -0.4 is 10.1 Å². The maximum atomic E-state index is 13.2. The van der Waals surface area contributed by atoms with Crippen molar-refractivity contribution in [1.82, 2.24) is 0 Å². The number of ether oxygens (including phenoxy) is 1. The first-order valence-corrected chi connectivity index (χ1v) is 6.50. The lowest BCUT2D eigenvalue weighted by Gasteiger charge is -2.11. The second-order valence-corrected chi connectivity index (χ2v) is 4.56. The second-order valence-electron chi connectivity index (χ2n) is 4.13. The molecule has 22 heavy (non-hydrogen) atoms. The summed E-state index contributed by atoms with van der Waals surface area (Å²) >= 11 is 5.92. The van der Waals surface area contributed by atoms with E-state index in [1.807, 2.05) is 0 Å². The van der Waals surface area contributed by atoms with Gasteiger partial charge in [-0.05, 0) is 30.3 Å². The lowest BCUT2D eigenvalue weighted by atomic mass is 10.2. The Morgan fingerprint density at radius 2 is 1.95 bits per heavy atom. The molecule has 2 aromatic rings. The van der Waals surface area contributed by atoms with Gasteiger partial charge < -0.3 is 10.1 Å².